The number of hydrogen-bond donors (Lipinski definition) is 1. The van der Waals surface area contributed by atoms with Gasteiger partial charge in [0.1, 0.15) is 23.7 Å². The zero-order chi connectivity index (χ0) is 41.7. The number of ether oxygens (including phenoxy) is 1. The minimum atomic E-state index is -0.815. The van der Waals surface area contributed by atoms with E-state index in [4.69, 9.17) is 27.9 Å². The number of rotatable bonds is 15. The monoisotopic (exact) mass is 816 g/mol. The molecular weight excluding hydrogens is 759 g/mol. The molecule has 306 valence electrons. The number of allylic oxidation sites excluding steroid dienone is 7. The van der Waals surface area contributed by atoms with Gasteiger partial charge in [-0.3, -0.25) is 14.9 Å². The second-order valence-electron chi connectivity index (χ2n) is 17.5. The van der Waals surface area contributed by atoms with Gasteiger partial charge in [0.2, 0.25) is 0 Å². The lowest BCUT2D eigenvalue weighted by atomic mass is 9.44. The highest BCUT2D eigenvalue weighted by Crippen LogP contribution is 2.63. The average Bonchev–Trinajstić information content (AvgIpc) is 3.59. The zero-order valence-corrected chi connectivity index (χ0v) is 36.2. The summed E-state index contributed by atoms with van der Waals surface area (Å²) in [6.07, 6.45) is 18.9. The van der Waals surface area contributed by atoms with E-state index in [-0.39, 0.29) is 51.1 Å². The molecule has 9 nitrogen and oxygen atoms in total. The molecule has 5 rings (SSSR count). The molecule has 3 aromatic rings. The standard InChI is InChI=1S/C46H58Cl2N4O5/c1-30(2)12-9-13-31(3)14-10-15-32(4)16-11-17-41-45(7)27-34(43(53)44(5,6)40(45)22-23-46(41,8)54)24-33-18-20-37(21-19-33)57-29-35-28-51(50-49-35)42-38(47)25-36(52(55)56)26-39(42)48/h12,14,16,18-21,24-26,28,40-41,54H,9-11,13,15,17,22-23,27,29H2,1-8H3/b31-14+,32-16+,34-24+/t40-,41+,45-,46+/m0/s1. The molecule has 0 radical (unpaired) electrons. The Labute approximate surface area is 348 Å². The quantitative estimate of drug-likeness (QED) is 0.0701. The summed E-state index contributed by atoms with van der Waals surface area (Å²) in [6.45, 7) is 17.4. The fourth-order valence-electron chi connectivity index (χ4n) is 9.35. The second kappa shape index (κ2) is 18.3. The van der Waals surface area contributed by atoms with E-state index in [9.17, 15) is 20.0 Å². The van der Waals surface area contributed by atoms with Crippen LogP contribution in [-0.4, -0.2) is 36.4 Å². The number of carbonyl (C=O) groups is 1. The largest absolute Gasteiger partial charge is 0.487 e. The maximum Gasteiger partial charge on any atom is 0.272 e. The number of nitrogens with zero attached hydrogens (tertiary/aromatic N) is 4. The number of hydrogen-bond acceptors (Lipinski definition) is 7. The number of Topliss-reactive ketones (excluding diaryl/α,β-unsaturated/α-hetero) is 1. The molecule has 0 unspecified atom stereocenters. The van der Waals surface area contributed by atoms with Gasteiger partial charge in [-0.25, -0.2) is 4.68 Å². The lowest BCUT2D eigenvalue weighted by molar-refractivity contribution is -0.384. The van der Waals surface area contributed by atoms with Gasteiger partial charge in [0.15, 0.2) is 5.78 Å². The summed E-state index contributed by atoms with van der Waals surface area (Å²) in [6, 6.07) is 10.0. The number of aromatic nitrogens is 3. The Morgan fingerprint density at radius 1 is 0.982 bits per heavy atom. The predicted octanol–water partition coefficient (Wildman–Crippen LogP) is 12.4. The van der Waals surface area contributed by atoms with E-state index in [0.717, 1.165) is 56.1 Å². The van der Waals surface area contributed by atoms with Crippen LogP contribution in [-0.2, 0) is 11.4 Å². The van der Waals surface area contributed by atoms with Crippen molar-refractivity contribution < 1.29 is 19.6 Å². The Morgan fingerprint density at radius 3 is 2.21 bits per heavy atom. The molecule has 1 N–H and O–H groups in total. The Hall–Kier alpha value is -4.05. The maximum atomic E-state index is 14.1. The van der Waals surface area contributed by atoms with Crippen molar-refractivity contribution in [2.45, 2.75) is 125 Å². The van der Waals surface area contributed by atoms with Gasteiger partial charge < -0.3 is 9.84 Å². The van der Waals surface area contributed by atoms with Crippen LogP contribution in [0.3, 0.4) is 0 Å². The van der Waals surface area contributed by atoms with Crippen LogP contribution in [0.5, 0.6) is 5.75 Å². The van der Waals surface area contributed by atoms with E-state index in [0.29, 0.717) is 24.3 Å². The predicted molar refractivity (Wildman–Crippen MR) is 230 cm³/mol. The lowest BCUT2D eigenvalue weighted by Gasteiger charge is -2.61. The number of non-ortho nitro benzene ring substituents is 1. The average molecular weight is 818 g/mol. The van der Waals surface area contributed by atoms with Crippen molar-refractivity contribution in [1.82, 2.24) is 15.0 Å². The van der Waals surface area contributed by atoms with Crippen LogP contribution in [0.15, 0.2) is 83.1 Å². The molecule has 57 heavy (non-hydrogen) atoms. The van der Waals surface area contributed by atoms with Crippen molar-refractivity contribution in [2.75, 3.05) is 0 Å². The summed E-state index contributed by atoms with van der Waals surface area (Å²) in [5.74, 6) is 1.01. The SMILES string of the molecule is CC(C)=CCC/C(C)=C/CC/C(C)=C/CC[C@@H]1[C@@]2(C)C/C(=C\c3ccc(OCc4cn(-c5c(Cl)cc([N+](=O)[O-])cc5Cl)nn4)cc3)C(=O)C(C)(C)[C@@H]2CC[C@@]1(C)O. The third-order valence-corrected chi connectivity index (χ3v) is 12.8. The molecule has 0 aliphatic heterocycles. The molecule has 1 aromatic heterocycles. The molecule has 0 bridgehead atoms. The minimum absolute atomic E-state index is 0.0435. The first-order valence-corrected chi connectivity index (χ1v) is 20.8. The second-order valence-corrected chi connectivity index (χ2v) is 18.3. The highest BCUT2D eigenvalue weighted by Gasteiger charge is 2.61. The third-order valence-electron chi connectivity index (χ3n) is 12.3. The smallest absolute Gasteiger partial charge is 0.272 e. The van der Waals surface area contributed by atoms with Crippen molar-refractivity contribution in [1.29, 1.82) is 0 Å². The molecule has 2 aliphatic rings. The lowest BCUT2D eigenvalue weighted by Crippen LogP contribution is -2.60. The molecule has 2 aromatic carbocycles. The molecule has 0 spiro atoms. The van der Waals surface area contributed by atoms with Crippen LogP contribution in [0.2, 0.25) is 10.0 Å². The number of aliphatic hydroxyl groups is 1. The van der Waals surface area contributed by atoms with Gasteiger partial charge >= 0.3 is 0 Å². The summed E-state index contributed by atoms with van der Waals surface area (Å²) in [5.41, 5.74) is 4.84. The molecule has 1 heterocycles. The van der Waals surface area contributed by atoms with E-state index in [1.165, 1.54) is 33.5 Å². The number of nitro groups is 1. The molecule has 2 aliphatic carbocycles. The summed E-state index contributed by atoms with van der Waals surface area (Å²) in [4.78, 5) is 24.7. The number of fused-ring (bicyclic) bond motifs is 1. The highest BCUT2D eigenvalue weighted by molar-refractivity contribution is 6.38. The van der Waals surface area contributed by atoms with E-state index in [1.54, 1.807) is 6.20 Å². The van der Waals surface area contributed by atoms with Crippen molar-refractivity contribution in [3.63, 3.8) is 0 Å². The van der Waals surface area contributed by atoms with Crippen LogP contribution in [0.4, 0.5) is 5.69 Å². The van der Waals surface area contributed by atoms with Gasteiger partial charge in [-0.15, -0.1) is 5.10 Å². The van der Waals surface area contributed by atoms with Crippen LogP contribution >= 0.6 is 23.2 Å². The van der Waals surface area contributed by atoms with Gasteiger partial charge in [-0.2, -0.15) is 0 Å². The first-order valence-electron chi connectivity index (χ1n) is 20.0. The fourth-order valence-corrected chi connectivity index (χ4v) is 10.00. The third kappa shape index (κ3) is 10.5. The first kappa shape index (κ1) is 44.1. The fraction of sp³-hybridized carbons (Fsp3) is 0.500. The van der Waals surface area contributed by atoms with Crippen molar-refractivity contribution in [3.05, 3.63) is 115 Å². The minimum Gasteiger partial charge on any atom is -0.487 e. The molecule has 0 saturated heterocycles. The van der Waals surface area contributed by atoms with Crippen molar-refractivity contribution >= 4 is 40.7 Å². The first-order chi connectivity index (χ1) is 26.8. The van der Waals surface area contributed by atoms with Crippen LogP contribution in [0, 0.1) is 32.8 Å². The molecular formula is C46H58Cl2N4O5. The van der Waals surface area contributed by atoms with Gasteiger partial charge in [-0.1, -0.05) is 96.3 Å². The molecule has 2 saturated carbocycles. The number of carbonyl (C=O) groups excluding carboxylic acids is 1. The van der Waals surface area contributed by atoms with Gasteiger partial charge in [0.25, 0.3) is 5.69 Å². The summed E-state index contributed by atoms with van der Waals surface area (Å²) < 4.78 is 7.35. The van der Waals surface area contributed by atoms with Crippen molar-refractivity contribution in [3.8, 4) is 11.4 Å². The van der Waals surface area contributed by atoms with Crippen molar-refractivity contribution in [2.24, 2.45) is 22.7 Å². The Morgan fingerprint density at radius 2 is 1.60 bits per heavy atom. The topological polar surface area (TPSA) is 120 Å². The Kier molecular flexibility index (Phi) is 14.1. The Balaban J connectivity index is 1.25. The number of ketones is 1. The number of halogens is 2. The van der Waals surface area contributed by atoms with Gasteiger partial charge in [0.05, 0.1) is 26.8 Å². The molecule has 4 atom stereocenters. The highest BCUT2D eigenvalue weighted by atomic mass is 35.5. The Bertz CT molecular complexity index is 2050. The molecule has 0 amide bonds. The van der Waals surface area contributed by atoms with Crippen LogP contribution in [0.25, 0.3) is 11.8 Å². The zero-order valence-electron chi connectivity index (χ0n) is 34.7. The molecule has 2 fully saturated rings. The number of benzene rings is 2. The van der Waals surface area contributed by atoms with Gasteiger partial charge in [0, 0.05) is 17.5 Å². The van der Waals surface area contributed by atoms with E-state index in [1.807, 2.05) is 37.3 Å². The normalized spacial score (nSPS) is 24.3. The van der Waals surface area contributed by atoms with Gasteiger partial charge in [-0.05, 0) is 139 Å². The maximum absolute atomic E-state index is 14.1. The van der Waals surface area contributed by atoms with Crippen LogP contribution in [0.1, 0.15) is 124 Å². The van der Waals surface area contributed by atoms with E-state index < -0.39 is 15.9 Å². The molecule has 11 heteroatoms. The summed E-state index contributed by atoms with van der Waals surface area (Å²) >= 11 is 12.6. The number of nitro benzene ring substituents is 1. The van der Waals surface area contributed by atoms with E-state index >= 15 is 0 Å². The summed E-state index contributed by atoms with van der Waals surface area (Å²) in [5, 5.41) is 31.4. The van der Waals surface area contributed by atoms with Crippen LogP contribution < -0.4 is 4.74 Å². The summed E-state index contributed by atoms with van der Waals surface area (Å²) in [7, 11) is 0. The van der Waals surface area contributed by atoms with E-state index in [2.05, 4.69) is 77.0 Å².